The van der Waals surface area contributed by atoms with Gasteiger partial charge < -0.3 is 0 Å². The molecule has 0 saturated carbocycles. The molecule has 0 atom stereocenters. The zero-order chi connectivity index (χ0) is 19.8. The fourth-order valence-electron chi connectivity index (χ4n) is 2.85. The summed E-state index contributed by atoms with van der Waals surface area (Å²) >= 11 is 31.0. The second kappa shape index (κ2) is 7.98. The summed E-state index contributed by atoms with van der Waals surface area (Å²) in [5.74, 6) is 0. The fraction of sp³-hybridized carbons (Fsp3) is 0. The van der Waals surface area contributed by atoms with Crippen LogP contribution in [0.5, 0.6) is 0 Å². The Balaban J connectivity index is 1.95. The van der Waals surface area contributed by atoms with Gasteiger partial charge in [0.25, 0.3) is 0 Å². The monoisotopic (exact) mass is 466 g/mol. The van der Waals surface area contributed by atoms with E-state index in [4.69, 9.17) is 63.1 Å². The highest BCUT2D eigenvalue weighted by atomic mass is 35.5. The molecule has 4 aromatic rings. The van der Waals surface area contributed by atoms with E-state index in [0.29, 0.717) is 25.1 Å². The van der Waals surface area contributed by atoms with Gasteiger partial charge in [0, 0.05) is 11.1 Å². The molecule has 0 fully saturated rings. The molecular formula is C21H11Cl5N2. The lowest BCUT2D eigenvalue weighted by molar-refractivity contribution is 0.892. The summed E-state index contributed by atoms with van der Waals surface area (Å²) < 4.78 is 1.78. The molecule has 0 saturated heterocycles. The molecular weight excluding hydrogens is 458 g/mol. The largest absolute Gasteiger partial charge is 0.231 e. The maximum Gasteiger partial charge on any atom is 0.0934 e. The van der Waals surface area contributed by atoms with Crippen molar-refractivity contribution >= 4 is 58.0 Å². The number of nitrogens with zero attached hydrogens (tertiary/aromatic N) is 2. The number of hydrogen-bond donors (Lipinski definition) is 0. The molecule has 0 aliphatic carbocycles. The predicted octanol–water partition coefficient (Wildman–Crippen LogP) is 8.47. The van der Waals surface area contributed by atoms with Crippen LogP contribution in [0.3, 0.4) is 0 Å². The predicted molar refractivity (Wildman–Crippen MR) is 119 cm³/mol. The van der Waals surface area contributed by atoms with Gasteiger partial charge in [-0.05, 0) is 42.5 Å². The third-order valence-corrected chi connectivity index (χ3v) is 6.02. The first-order valence-corrected chi connectivity index (χ1v) is 10.1. The average Bonchev–Trinajstić information content (AvgIpc) is 3.11. The molecule has 0 bridgehead atoms. The second-order valence-electron chi connectivity index (χ2n) is 6.04. The first-order valence-electron chi connectivity index (χ1n) is 8.20. The number of aromatic nitrogens is 2. The topological polar surface area (TPSA) is 17.8 Å². The molecule has 2 nitrogen and oxygen atoms in total. The Labute approximate surface area is 187 Å². The SMILES string of the molecule is Clc1ccc(-c2cc(-c3ccc(Cl)c(Cl)c3)n(-c3ccccc3Cl)n2)cc1Cl. The molecule has 0 aliphatic rings. The average molecular weight is 469 g/mol. The fourth-order valence-corrected chi connectivity index (χ4v) is 3.66. The van der Waals surface area contributed by atoms with E-state index < -0.39 is 0 Å². The van der Waals surface area contributed by atoms with Crippen molar-refractivity contribution in [1.29, 1.82) is 0 Å². The van der Waals surface area contributed by atoms with Crippen molar-refractivity contribution in [3.8, 4) is 28.2 Å². The lowest BCUT2D eigenvalue weighted by Gasteiger charge is -2.10. The third-order valence-electron chi connectivity index (χ3n) is 4.22. The van der Waals surface area contributed by atoms with Crippen molar-refractivity contribution in [2.24, 2.45) is 0 Å². The van der Waals surface area contributed by atoms with Crippen LogP contribution in [-0.2, 0) is 0 Å². The summed E-state index contributed by atoms with van der Waals surface area (Å²) in [5.41, 5.74) is 3.97. The standard InChI is InChI=1S/C21H11Cl5N2/c22-14-7-5-12(9-17(14)25)19-11-21(13-6-8-15(23)18(26)10-13)28(27-19)20-4-2-1-3-16(20)24/h1-11H. The Bertz CT molecular complexity index is 1180. The number of hydrogen-bond acceptors (Lipinski definition) is 1. The van der Waals surface area contributed by atoms with Gasteiger partial charge in [-0.2, -0.15) is 5.10 Å². The summed E-state index contributed by atoms with van der Waals surface area (Å²) in [7, 11) is 0. The van der Waals surface area contributed by atoms with Gasteiger partial charge in [0.15, 0.2) is 0 Å². The zero-order valence-corrected chi connectivity index (χ0v) is 17.9. The summed E-state index contributed by atoms with van der Waals surface area (Å²) in [5, 5.41) is 7.23. The highest BCUT2D eigenvalue weighted by Crippen LogP contribution is 2.35. The molecule has 3 aromatic carbocycles. The van der Waals surface area contributed by atoms with Crippen LogP contribution in [0.1, 0.15) is 0 Å². The first kappa shape index (κ1) is 19.6. The Morgan fingerprint density at radius 3 is 1.82 bits per heavy atom. The van der Waals surface area contributed by atoms with Gasteiger partial charge in [0.1, 0.15) is 0 Å². The normalized spacial score (nSPS) is 11.0. The molecule has 0 aliphatic heterocycles. The maximum absolute atomic E-state index is 6.43. The van der Waals surface area contributed by atoms with Gasteiger partial charge in [-0.25, -0.2) is 4.68 Å². The summed E-state index contributed by atoms with van der Waals surface area (Å²) in [6, 6.07) is 20.3. The van der Waals surface area contributed by atoms with Crippen LogP contribution in [-0.4, -0.2) is 9.78 Å². The van der Waals surface area contributed by atoms with E-state index in [2.05, 4.69) is 0 Å². The van der Waals surface area contributed by atoms with Crippen LogP contribution in [0.4, 0.5) is 0 Å². The van der Waals surface area contributed by atoms with E-state index >= 15 is 0 Å². The van der Waals surface area contributed by atoms with E-state index in [9.17, 15) is 0 Å². The smallest absolute Gasteiger partial charge is 0.0934 e. The molecule has 0 radical (unpaired) electrons. The molecule has 7 heteroatoms. The number of rotatable bonds is 3. The van der Waals surface area contributed by atoms with E-state index in [-0.39, 0.29) is 0 Å². The molecule has 1 aromatic heterocycles. The minimum atomic E-state index is 0.460. The quantitative estimate of drug-likeness (QED) is 0.295. The van der Waals surface area contributed by atoms with Crippen molar-refractivity contribution in [3.05, 3.63) is 91.8 Å². The number of para-hydroxylation sites is 1. The summed E-state index contributed by atoms with van der Waals surface area (Å²) in [6.07, 6.45) is 0. The minimum Gasteiger partial charge on any atom is -0.231 e. The molecule has 4 rings (SSSR count). The molecule has 28 heavy (non-hydrogen) atoms. The van der Waals surface area contributed by atoms with E-state index in [0.717, 1.165) is 28.2 Å². The van der Waals surface area contributed by atoms with Gasteiger partial charge in [-0.15, -0.1) is 0 Å². The van der Waals surface area contributed by atoms with Crippen molar-refractivity contribution in [2.45, 2.75) is 0 Å². The first-order chi connectivity index (χ1) is 13.4. The molecule has 140 valence electrons. The van der Waals surface area contributed by atoms with Gasteiger partial charge in [0.2, 0.25) is 0 Å². The van der Waals surface area contributed by atoms with Gasteiger partial charge >= 0.3 is 0 Å². The van der Waals surface area contributed by atoms with Gasteiger partial charge in [0.05, 0.1) is 42.2 Å². The minimum absolute atomic E-state index is 0.460. The van der Waals surface area contributed by atoms with Crippen LogP contribution in [0.2, 0.25) is 25.1 Å². The molecule has 0 spiro atoms. The van der Waals surface area contributed by atoms with Gasteiger partial charge in [-0.1, -0.05) is 82.3 Å². The highest BCUT2D eigenvalue weighted by Gasteiger charge is 2.16. The van der Waals surface area contributed by atoms with E-state index in [1.807, 2.05) is 42.5 Å². The molecule has 1 heterocycles. The van der Waals surface area contributed by atoms with E-state index in [1.165, 1.54) is 0 Å². The highest BCUT2D eigenvalue weighted by molar-refractivity contribution is 6.42. The molecule has 0 N–H and O–H groups in total. The van der Waals surface area contributed by atoms with Gasteiger partial charge in [-0.3, -0.25) is 0 Å². The van der Waals surface area contributed by atoms with Crippen molar-refractivity contribution < 1.29 is 0 Å². The molecule has 0 unspecified atom stereocenters. The van der Waals surface area contributed by atoms with Crippen LogP contribution >= 0.6 is 58.0 Å². The second-order valence-corrected chi connectivity index (χ2v) is 8.07. The van der Waals surface area contributed by atoms with E-state index in [1.54, 1.807) is 28.9 Å². The lowest BCUT2D eigenvalue weighted by Crippen LogP contribution is -2.00. The van der Waals surface area contributed by atoms with Crippen molar-refractivity contribution in [2.75, 3.05) is 0 Å². The number of halogens is 5. The Morgan fingerprint density at radius 2 is 1.18 bits per heavy atom. The van der Waals surface area contributed by atoms with Crippen molar-refractivity contribution in [3.63, 3.8) is 0 Å². The third kappa shape index (κ3) is 3.76. The number of benzene rings is 3. The Morgan fingerprint density at radius 1 is 0.571 bits per heavy atom. The van der Waals surface area contributed by atoms with Crippen LogP contribution < -0.4 is 0 Å². The summed E-state index contributed by atoms with van der Waals surface area (Å²) in [4.78, 5) is 0. The van der Waals surface area contributed by atoms with Crippen molar-refractivity contribution in [1.82, 2.24) is 9.78 Å². The summed E-state index contributed by atoms with van der Waals surface area (Å²) in [6.45, 7) is 0. The van der Waals surface area contributed by atoms with Crippen LogP contribution in [0.25, 0.3) is 28.2 Å². The van der Waals surface area contributed by atoms with Crippen LogP contribution in [0, 0.1) is 0 Å². The molecule has 0 amide bonds. The Kier molecular flexibility index (Phi) is 5.59. The Hall–Kier alpha value is -1.68. The lowest BCUT2D eigenvalue weighted by atomic mass is 10.1. The maximum atomic E-state index is 6.43. The zero-order valence-electron chi connectivity index (χ0n) is 14.1. The van der Waals surface area contributed by atoms with Crippen LogP contribution in [0.15, 0.2) is 66.7 Å².